The molecule has 0 spiro atoms. The van der Waals surface area contributed by atoms with E-state index in [0.29, 0.717) is 12.5 Å². The Kier molecular flexibility index (Phi) is 11.1. The molecule has 7 heteroatoms. The lowest BCUT2D eigenvalue weighted by Crippen LogP contribution is -2.41. The van der Waals surface area contributed by atoms with E-state index in [4.69, 9.17) is 4.74 Å². The van der Waals surface area contributed by atoms with Crippen molar-refractivity contribution in [2.75, 3.05) is 39.8 Å². The van der Waals surface area contributed by atoms with Gasteiger partial charge in [0.2, 0.25) is 5.91 Å². The van der Waals surface area contributed by atoms with Gasteiger partial charge in [0.1, 0.15) is 5.75 Å². The number of hydrogen-bond acceptors (Lipinski definition) is 4. The van der Waals surface area contributed by atoms with Crippen LogP contribution in [0.4, 0.5) is 0 Å². The molecule has 3 rings (SSSR count). The number of rotatable bonds is 9. The molecule has 1 saturated carbocycles. The Bertz CT molecular complexity index is 545. The molecule has 0 unspecified atom stereocenters. The molecule has 0 atom stereocenters. The fourth-order valence-electron chi connectivity index (χ4n) is 3.37. The monoisotopic (exact) mass is 417 g/mol. The topological polar surface area (TPSA) is 53.6 Å². The molecule has 2 fully saturated rings. The number of carbonyl (C=O) groups excluding carboxylic acids is 1. The van der Waals surface area contributed by atoms with Gasteiger partial charge in [-0.2, -0.15) is 0 Å². The maximum absolute atomic E-state index is 11.9. The Labute approximate surface area is 175 Å². The van der Waals surface area contributed by atoms with Gasteiger partial charge in [-0.15, -0.1) is 24.8 Å². The van der Waals surface area contributed by atoms with E-state index >= 15 is 0 Å². The van der Waals surface area contributed by atoms with Gasteiger partial charge in [0.25, 0.3) is 0 Å². The molecule has 154 valence electrons. The van der Waals surface area contributed by atoms with Crippen molar-refractivity contribution in [3.63, 3.8) is 0 Å². The second kappa shape index (κ2) is 12.4. The van der Waals surface area contributed by atoms with E-state index in [0.717, 1.165) is 57.2 Å². The zero-order valence-corrected chi connectivity index (χ0v) is 17.7. The maximum atomic E-state index is 11.9. The van der Waals surface area contributed by atoms with Crippen LogP contribution in [-0.4, -0.2) is 50.6 Å². The van der Waals surface area contributed by atoms with Gasteiger partial charge in [0, 0.05) is 13.1 Å². The average molecular weight is 418 g/mol. The molecular formula is C20H33Cl2N3O2. The van der Waals surface area contributed by atoms with Crippen LogP contribution in [0.2, 0.25) is 0 Å². The molecule has 1 aliphatic carbocycles. The van der Waals surface area contributed by atoms with Crippen LogP contribution in [0.25, 0.3) is 0 Å². The highest BCUT2D eigenvalue weighted by molar-refractivity contribution is 5.85. The van der Waals surface area contributed by atoms with Gasteiger partial charge in [-0.25, -0.2) is 0 Å². The Balaban J connectivity index is 0.00000182. The molecule has 0 radical (unpaired) electrons. The van der Waals surface area contributed by atoms with Crippen LogP contribution in [-0.2, 0) is 11.3 Å². The van der Waals surface area contributed by atoms with Crippen LogP contribution in [0.5, 0.6) is 5.75 Å². The second-order valence-electron chi connectivity index (χ2n) is 7.45. The van der Waals surface area contributed by atoms with Crippen LogP contribution in [0.3, 0.4) is 0 Å². The fourth-order valence-corrected chi connectivity index (χ4v) is 3.37. The molecule has 0 bridgehead atoms. The summed E-state index contributed by atoms with van der Waals surface area (Å²) in [6.07, 6.45) is 4.96. The summed E-state index contributed by atoms with van der Waals surface area (Å²) in [6.45, 7) is 5.48. The molecule has 1 aliphatic heterocycles. The smallest absolute Gasteiger partial charge is 0.233 e. The Hall–Kier alpha value is -1.01. The number of benzene rings is 1. The van der Waals surface area contributed by atoms with E-state index in [1.165, 1.54) is 18.4 Å². The van der Waals surface area contributed by atoms with Crippen molar-refractivity contribution < 1.29 is 9.53 Å². The van der Waals surface area contributed by atoms with Crippen LogP contribution in [0.1, 0.15) is 31.2 Å². The third-order valence-corrected chi connectivity index (χ3v) is 5.28. The van der Waals surface area contributed by atoms with Gasteiger partial charge in [-0.05, 0) is 74.8 Å². The Morgan fingerprint density at radius 1 is 1.04 bits per heavy atom. The number of nitrogens with one attached hydrogen (secondary N) is 2. The number of ether oxygens (including phenoxy) is 1. The first-order valence-corrected chi connectivity index (χ1v) is 9.55. The summed E-state index contributed by atoms with van der Waals surface area (Å²) in [5.41, 5.74) is 1.33. The summed E-state index contributed by atoms with van der Waals surface area (Å²) in [5, 5.41) is 6.34. The Morgan fingerprint density at radius 3 is 2.26 bits per heavy atom. The molecule has 1 aromatic rings. The first kappa shape index (κ1) is 24.0. The minimum atomic E-state index is 0. The zero-order valence-electron chi connectivity index (χ0n) is 16.1. The molecule has 2 aliphatic rings. The summed E-state index contributed by atoms with van der Waals surface area (Å²) in [7, 11) is 1.70. The van der Waals surface area contributed by atoms with Crippen molar-refractivity contribution >= 4 is 30.7 Å². The summed E-state index contributed by atoms with van der Waals surface area (Å²) in [4.78, 5) is 14.3. The van der Waals surface area contributed by atoms with Gasteiger partial charge in [-0.3, -0.25) is 9.69 Å². The number of piperidine rings is 1. The molecule has 1 saturated heterocycles. The van der Waals surface area contributed by atoms with Crippen molar-refractivity contribution in [2.24, 2.45) is 11.8 Å². The minimum Gasteiger partial charge on any atom is -0.497 e. The molecule has 2 N–H and O–H groups in total. The SMILES string of the molecule is COc1ccc(CN2CCC(CNC(=O)CNCC3CC3)CC2)cc1.Cl.Cl. The van der Waals surface area contributed by atoms with Crippen molar-refractivity contribution in [1.29, 1.82) is 0 Å². The third kappa shape index (κ3) is 8.69. The number of halogens is 2. The number of methoxy groups -OCH3 is 1. The highest BCUT2D eigenvalue weighted by Crippen LogP contribution is 2.27. The normalized spacial score (nSPS) is 17.5. The van der Waals surface area contributed by atoms with E-state index in [1.54, 1.807) is 7.11 Å². The van der Waals surface area contributed by atoms with E-state index in [-0.39, 0.29) is 30.7 Å². The lowest BCUT2D eigenvalue weighted by molar-refractivity contribution is -0.120. The van der Waals surface area contributed by atoms with Crippen LogP contribution < -0.4 is 15.4 Å². The van der Waals surface area contributed by atoms with E-state index in [9.17, 15) is 4.79 Å². The number of amides is 1. The minimum absolute atomic E-state index is 0. The van der Waals surface area contributed by atoms with Gasteiger partial charge < -0.3 is 15.4 Å². The quantitative estimate of drug-likeness (QED) is 0.648. The lowest BCUT2D eigenvalue weighted by Gasteiger charge is -2.32. The molecule has 5 nitrogen and oxygen atoms in total. The molecule has 0 aromatic heterocycles. The van der Waals surface area contributed by atoms with Gasteiger partial charge in [-0.1, -0.05) is 12.1 Å². The molecule has 1 aromatic carbocycles. The van der Waals surface area contributed by atoms with Crippen LogP contribution in [0.15, 0.2) is 24.3 Å². The summed E-state index contributed by atoms with van der Waals surface area (Å²) in [6, 6.07) is 8.32. The first-order chi connectivity index (χ1) is 12.2. The highest BCUT2D eigenvalue weighted by atomic mass is 35.5. The van der Waals surface area contributed by atoms with Crippen molar-refractivity contribution in [1.82, 2.24) is 15.5 Å². The molecule has 1 amide bonds. The average Bonchev–Trinajstić information content (AvgIpc) is 3.46. The Morgan fingerprint density at radius 2 is 1.67 bits per heavy atom. The lowest BCUT2D eigenvalue weighted by atomic mass is 9.96. The van der Waals surface area contributed by atoms with Gasteiger partial charge in [0.05, 0.1) is 13.7 Å². The van der Waals surface area contributed by atoms with Crippen molar-refractivity contribution in [3.05, 3.63) is 29.8 Å². The third-order valence-electron chi connectivity index (χ3n) is 5.28. The van der Waals surface area contributed by atoms with Gasteiger partial charge >= 0.3 is 0 Å². The zero-order chi connectivity index (χ0) is 17.5. The van der Waals surface area contributed by atoms with Gasteiger partial charge in [0.15, 0.2) is 0 Å². The molecule has 1 heterocycles. The van der Waals surface area contributed by atoms with E-state index in [1.807, 2.05) is 12.1 Å². The van der Waals surface area contributed by atoms with Crippen LogP contribution >= 0.6 is 24.8 Å². The van der Waals surface area contributed by atoms with Crippen molar-refractivity contribution in [3.8, 4) is 5.75 Å². The number of hydrogen-bond donors (Lipinski definition) is 2. The first-order valence-electron chi connectivity index (χ1n) is 9.55. The number of nitrogens with zero attached hydrogens (tertiary/aromatic N) is 1. The fraction of sp³-hybridized carbons (Fsp3) is 0.650. The highest BCUT2D eigenvalue weighted by Gasteiger charge is 2.21. The standard InChI is InChI=1S/C20H31N3O2.2ClH/c1-25-19-6-4-18(5-7-19)15-23-10-8-17(9-11-23)13-22-20(24)14-21-12-16-2-3-16;;/h4-7,16-17,21H,2-3,8-15H2,1H3,(H,22,24);2*1H. The predicted molar refractivity (Wildman–Crippen MR) is 114 cm³/mol. The summed E-state index contributed by atoms with van der Waals surface area (Å²) >= 11 is 0. The van der Waals surface area contributed by atoms with E-state index < -0.39 is 0 Å². The number of likely N-dealkylation sites (tertiary alicyclic amines) is 1. The number of carbonyl (C=O) groups is 1. The maximum Gasteiger partial charge on any atom is 0.233 e. The largest absolute Gasteiger partial charge is 0.497 e. The molecule has 27 heavy (non-hydrogen) atoms. The van der Waals surface area contributed by atoms with E-state index in [2.05, 4.69) is 27.7 Å². The summed E-state index contributed by atoms with van der Waals surface area (Å²) in [5.74, 6) is 2.48. The predicted octanol–water partition coefficient (Wildman–Crippen LogP) is 2.87. The summed E-state index contributed by atoms with van der Waals surface area (Å²) < 4.78 is 5.21. The van der Waals surface area contributed by atoms with Crippen LogP contribution in [0, 0.1) is 11.8 Å². The second-order valence-corrected chi connectivity index (χ2v) is 7.45. The molecular weight excluding hydrogens is 385 g/mol. The van der Waals surface area contributed by atoms with Crippen molar-refractivity contribution in [2.45, 2.75) is 32.2 Å².